The summed E-state index contributed by atoms with van der Waals surface area (Å²) in [4.78, 5) is 1.97. The third-order valence-corrected chi connectivity index (χ3v) is 3.81. The molecule has 0 fully saturated rings. The minimum Gasteiger partial charge on any atom is -0.497 e. The van der Waals surface area contributed by atoms with E-state index in [0.717, 1.165) is 30.1 Å². The molecule has 1 aromatic carbocycles. The van der Waals surface area contributed by atoms with Gasteiger partial charge in [0.15, 0.2) is 0 Å². The molecule has 0 amide bonds. The van der Waals surface area contributed by atoms with Gasteiger partial charge >= 0.3 is 0 Å². The van der Waals surface area contributed by atoms with Gasteiger partial charge in [-0.05, 0) is 42.8 Å². The highest BCUT2D eigenvalue weighted by Crippen LogP contribution is 2.15. The van der Waals surface area contributed by atoms with E-state index in [4.69, 9.17) is 10.00 Å². The maximum atomic E-state index is 8.74. The van der Waals surface area contributed by atoms with Gasteiger partial charge in [0.2, 0.25) is 0 Å². The molecule has 0 aliphatic heterocycles. The largest absolute Gasteiger partial charge is 0.497 e. The Labute approximate surface area is 117 Å². The van der Waals surface area contributed by atoms with E-state index in [1.165, 1.54) is 10.4 Å². The monoisotopic (exact) mass is 272 g/mol. The Balaban J connectivity index is 1.72. The Hall–Kier alpha value is -1.83. The molecule has 2 rings (SSSR count). The van der Waals surface area contributed by atoms with Crippen molar-refractivity contribution in [3.63, 3.8) is 0 Å². The highest BCUT2D eigenvalue weighted by molar-refractivity contribution is 7.12. The van der Waals surface area contributed by atoms with Gasteiger partial charge < -0.3 is 10.1 Å². The summed E-state index contributed by atoms with van der Waals surface area (Å²) in [7, 11) is 1.67. The van der Waals surface area contributed by atoms with Crippen LogP contribution in [0.15, 0.2) is 36.4 Å². The van der Waals surface area contributed by atoms with Crippen LogP contribution in [0.3, 0.4) is 0 Å². The van der Waals surface area contributed by atoms with E-state index in [-0.39, 0.29) is 0 Å². The number of rotatable bonds is 6. The van der Waals surface area contributed by atoms with Crippen LogP contribution in [0.4, 0.5) is 0 Å². The van der Waals surface area contributed by atoms with Gasteiger partial charge in [0.25, 0.3) is 0 Å². The van der Waals surface area contributed by atoms with E-state index in [1.54, 1.807) is 18.4 Å². The molecule has 0 saturated carbocycles. The summed E-state index contributed by atoms with van der Waals surface area (Å²) < 4.78 is 5.13. The number of methoxy groups -OCH3 is 1. The van der Waals surface area contributed by atoms with Gasteiger partial charge in [0.1, 0.15) is 16.7 Å². The Morgan fingerprint density at radius 2 is 2.00 bits per heavy atom. The molecule has 2 aromatic rings. The maximum Gasteiger partial charge on any atom is 0.118 e. The molecule has 1 heterocycles. The summed E-state index contributed by atoms with van der Waals surface area (Å²) >= 11 is 1.54. The van der Waals surface area contributed by atoms with Crippen molar-refractivity contribution in [3.05, 3.63) is 51.7 Å². The van der Waals surface area contributed by atoms with E-state index in [2.05, 4.69) is 23.5 Å². The molecule has 0 saturated heterocycles. The van der Waals surface area contributed by atoms with Crippen LogP contribution in [-0.4, -0.2) is 13.7 Å². The predicted molar refractivity (Wildman–Crippen MR) is 77.4 cm³/mol. The first kappa shape index (κ1) is 13.6. The quantitative estimate of drug-likeness (QED) is 0.822. The van der Waals surface area contributed by atoms with Gasteiger partial charge in [0.05, 0.1) is 7.11 Å². The van der Waals surface area contributed by atoms with Crippen molar-refractivity contribution in [2.24, 2.45) is 0 Å². The van der Waals surface area contributed by atoms with Gasteiger partial charge in [-0.15, -0.1) is 11.3 Å². The molecule has 0 bridgehead atoms. The van der Waals surface area contributed by atoms with E-state index in [1.807, 2.05) is 24.3 Å². The van der Waals surface area contributed by atoms with Gasteiger partial charge in [0, 0.05) is 11.4 Å². The van der Waals surface area contributed by atoms with Crippen molar-refractivity contribution in [2.75, 3.05) is 13.7 Å². The zero-order valence-electron chi connectivity index (χ0n) is 10.8. The molecule has 4 heteroatoms. The van der Waals surface area contributed by atoms with Crippen molar-refractivity contribution >= 4 is 11.3 Å². The van der Waals surface area contributed by atoms with Crippen molar-refractivity contribution in [2.45, 2.75) is 13.0 Å². The second-order valence-corrected chi connectivity index (χ2v) is 5.32. The second-order valence-electron chi connectivity index (χ2n) is 4.15. The third-order valence-electron chi connectivity index (χ3n) is 2.82. The summed E-state index contributed by atoms with van der Waals surface area (Å²) in [5, 5.41) is 12.1. The molecule has 0 aliphatic carbocycles. The van der Waals surface area contributed by atoms with E-state index < -0.39 is 0 Å². The normalized spacial score (nSPS) is 10.1. The van der Waals surface area contributed by atoms with Crippen molar-refractivity contribution in [1.82, 2.24) is 5.32 Å². The van der Waals surface area contributed by atoms with Crippen LogP contribution in [0, 0.1) is 11.3 Å². The molecular weight excluding hydrogens is 256 g/mol. The Morgan fingerprint density at radius 1 is 1.21 bits per heavy atom. The minimum absolute atomic E-state index is 0.770. The Bertz CT molecular complexity index is 554. The van der Waals surface area contributed by atoms with Gasteiger partial charge in [-0.1, -0.05) is 12.1 Å². The molecule has 3 nitrogen and oxygen atoms in total. The van der Waals surface area contributed by atoms with Gasteiger partial charge in [-0.3, -0.25) is 0 Å². The first-order valence-corrected chi connectivity index (χ1v) is 6.96. The maximum absolute atomic E-state index is 8.74. The van der Waals surface area contributed by atoms with Crippen LogP contribution in [0.1, 0.15) is 15.3 Å². The van der Waals surface area contributed by atoms with Crippen molar-refractivity contribution in [1.29, 1.82) is 5.26 Å². The number of nitrogens with one attached hydrogen (secondary N) is 1. The molecular formula is C15H16N2OS. The summed E-state index contributed by atoms with van der Waals surface area (Å²) in [6.07, 6.45) is 0.987. The molecule has 0 spiro atoms. The molecule has 19 heavy (non-hydrogen) atoms. The zero-order chi connectivity index (χ0) is 13.5. The lowest BCUT2D eigenvalue weighted by Crippen LogP contribution is -2.15. The fraction of sp³-hybridized carbons (Fsp3) is 0.267. The number of benzene rings is 1. The summed E-state index contributed by atoms with van der Waals surface area (Å²) in [6.45, 7) is 1.74. The molecule has 0 atom stereocenters. The van der Waals surface area contributed by atoms with Crippen LogP contribution in [0.5, 0.6) is 5.75 Å². The lowest BCUT2D eigenvalue weighted by atomic mass is 10.1. The molecule has 0 aliphatic rings. The highest BCUT2D eigenvalue weighted by Gasteiger charge is 1.99. The van der Waals surface area contributed by atoms with E-state index in [0.29, 0.717) is 0 Å². The summed E-state index contributed by atoms with van der Waals surface area (Å²) in [5.74, 6) is 0.888. The lowest BCUT2D eigenvalue weighted by molar-refractivity contribution is 0.414. The van der Waals surface area contributed by atoms with E-state index in [9.17, 15) is 0 Å². The van der Waals surface area contributed by atoms with E-state index >= 15 is 0 Å². The number of nitriles is 1. The van der Waals surface area contributed by atoms with Crippen LogP contribution in [-0.2, 0) is 13.0 Å². The SMILES string of the molecule is COc1ccc(CCNCc2ccc(C#N)s2)cc1. The molecule has 1 N–H and O–H groups in total. The Morgan fingerprint density at radius 3 is 2.63 bits per heavy atom. The molecule has 98 valence electrons. The third kappa shape index (κ3) is 4.09. The fourth-order valence-electron chi connectivity index (χ4n) is 1.77. The van der Waals surface area contributed by atoms with Gasteiger partial charge in [-0.25, -0.2) is 0 Å². The fourth-order valence-corrected chi connectivity index (χ4v) is 2.54. The number of nitrogens with zero attached hydrogens (tertiary/aromatic N) is 1. The summed E-state index contributed by atoms with van der Waals surface area (Å²) in [5.41, 5.74) is 1.29. The average molecular weight is 272 g/mol. The number of hydrogen-bond donors (Lipinski definition) is 1. The number of ether oxygens (including phenoxy) is 1. The van der Waals surface area contributed by atoms with Gasteiger partial charge in [-0.2, -0.15) is 5.26 Å². The summed E-state index contributed by atoms with van der Waals surface area (Å²) in [6, 6.07) is 14.1. The topological polar surface area (TPSA) is 45.0 Å². The number of thiophene rings is 1. The van der Waals surface area contributed by atoms with Crippen LogP contribution >= 0.6 is 11.3 Å². The highest BCUT2D eigenvalue weighted by atomic mass is 32.1. The zero-order valence-corrected chi connectivity index (χ0v) is 11.7. The average Bonchev–Trinajstić information content (AvgIpc) is 2.92. The first-order chi connectivity index (χ1) is 9.31. The Kier molecular flexibility index (Phi) is 4.96. The van der Waals surface area contributed by atoms with Crippen LogP contribution in [0.2, 0.25) is 0 Å². The predicted octanol–water partition coefficient (Wildman–Crippen LogP) is 2.96. The molecule has 0 unspecified atom stereocenters. The second kappa shape index (κ2) is 6.93. The van der Waals surface area contributed by atoms with Crippen LogP contribution < -0.4 is 10.1 Å². The lowest BCUT2D eigenvalue weighted by Gasteiger charge is -2.04. The minimum atomic E-state index is 0.770. The smallest absolute Gasteiger partial charge is 0.118 e. The molecule has 0 radical (unpaired) electrons. The first-order valence-electron chi connectivity index (χ1n) is 6.14. The van der Waals surface area contributed by atoms with Crippen LogP contribution in [0.25, 0.3) is 0 Å². The van der Waals surface area contributed by atoms with Crippen molar-refractivity contribution in [3.8, 4) is 11.8 Å². The molecule has 1 aromatic heterocycles. The number of hydrogen-bond acceptors (Lipinski definition) is 4. The standard InChI is InChI=1S/C15H16N2OS/c1-18-13-4-2-12(3-5-13)8-9-17-11-15-7-6-14(10-16)19-15/h2-7,17H,8-9,11H2,1H3. The van der Waals surface area contributed by atoms with Crippen molar-refractivity contribution < 1.29 is 4.74 Å².